The highest BCUT2D eigenvalue weighted by molar-refractivity contribution is 7.99. The number of rotatable bonds is 8. The Morgan fingerprint density at radius 2 is 1.84 bits per heavy atom. The quantitative estimate of drug-likeness (QED) is 0.294. The molecule has 2 heterocycles. The van der Waals surface area contributed by atoms with Crippen molar-refractivity contribution in [2.24, 2.45) is 0 Å². The molecule has 0 aliphatic carbocycles. The van der Waals surface area contributed by atoms with Gasteiger partial charge in [-0.1, -0.05) is 49.7 Å². The SMILES string of the molecule is CCCCOC(=O)C1CSC(c2cccc(Oc3ccccc3)c2)N1C(=O)c1cccs1. The molecule has 166 valence electrons. The third-order valence-electron chi connectivity index (χ3n) is 5.10. The van der Waals surface area contributed by atoms with Crippen molar-refractivity contribution in [1.82, 2.24) is 4.90 Å². The third-order valence-corrected chi connectivity index (χ3v) is 7.28. The van der Waals surface area contributed by atoms with Crippen LogP contribution in [-0.2, 0) is 9.53 Å². The zero-order chi connectivity index (χ0) is 22.3. The van der Waals surface area contributed by atoms with Gasteiger partial charge in [0.25, 0.3) is 5.91 Å². The molecule has 1 fully saturated rings. The van der Waals surface area contributed by atoms with E-state index in [9.17, 15) is 9.59 Å². The summed E-state index contributed by atoms with van der Waals surface area (Å²) in [6.07, 6.45) is 1.76. The summed E-state index contributed by atoms with van der Waals surface area (Å²) >= 11 is 2.95. The zero-order valence-electron chi connectivity index (χ0n) is 17.8. The largest absolute Gasteiger partial charge is 0.464 e. The number of thiophene rings is 1. The average Bonchev–Trinajstić information content (AvgIpc) is 3.50. The lowest BCUT2D eigenvalue weighted by molar-refractivity contribution is -0.148. The summed E-state index contributed by atoms with van der Waals surface area (Å²) in [4.78, 5) is 28.5. The molecule has 2 aromatic carbocycles. The van der Waals surface area contributed by atoms with E-state index in [1.807, 2.05) is 73.0 Å². The monoisotopic (exact) mass is 467 g/mol. The maximum Gasteiger partial charge on any atom is 0.329 e. The molecule has 2 unspecified atom stereocenters. The van der Waals surface area contributed by atoms with Crippen molar-refractivity contribution >= 4 is 35.0 Å². The Morgan fingerprint density at radius 3 is 2.59 bits per heavy atom. The Balaban J connectivity index is 1.59. The molecule has 32 heavy (non-hydrogen) atoms. The Kier molecular flexibility index (Phi) is 7.50. The summed E-state index contributed by atoms with van der Waals surface area (Å²) in [5.41, 5.74) is 0.914. The van der Waals surface area contributed by atoms with Gasteiger partial charge in [-0.2, -0.15) is 0 Å². The lowest BCUT2D eigenvalue weighted by Gasteiger charge is -2.28. The molecule has 3 aromatic rings. The molecule has 0 spiro atoms. The first kappa shape index (κ1) is 22.4. The van der Waals surface area contributed by atoms with Crippen LogP contribution in [0.1, 0.15) is 40.4 Å². The van der Waals surface area contributed by atoms with Crippen molar-refractivity contribution in [1.29, 1.82) is 0 Å². The lowest BCUT2D eigenvalue weighted by Crippen LogP contribution is -2.43. The van der Waals surface area contributed by atoms with Crippen molar-refractivity contribution < 1.29 is 19.1 Å². The summed E-state index contributed by atoms with van der Waals surface area (Å²) in [6, 6.07) is 20.3. The summed E-state index contributed by atoms with van der Waals surface area (Å²) in [5, 5.41) is 1.57. The van der Waals surface area contributed by atoms with Crippen LogP contribution in [0.3, 0.4) is 0 Å². The first-order chi connectivity index (χ1) is 15.7. The average molecular weight is 468 g/mol. The van der Waals surface area contributed by atoms with E-state index in [1.54, 1.807) is 22.7 Å². The number of benzene rings is 2. The minimum Gasteiger partial charge on any atom is -0.464 e. The van der Waals surface area contributed by atoms with E-state index < -0.39 is 6.04 Å². The van der Waals surface area contributed by atoms with Crippen LogP contribution in [0, 0.1) is 0 Å². The van der Waals surface area contributed by atoms with E-state index >= 15 is 0 Å². The van der Waals surface area contributed by atoms with Crippen molar-refractivity contribution in [3.63, 3.8) is 0 Å². The highest BCUT2D eigenvalue weighted by Crippen LogP contribution is 2.44. The molecule has 7 heteroatoms. The van der Waals surface area contributed by atoms with Gasteiger partial charge in [0, 0.05) is 5.75 Å². The second kappa shape index (κ2) is 10.7. The maximum absolute atomic E-state index is 13.4. The van der Waals surface area contributed by atoms with Crippen LogP contribution >= 0.6 is 23.1 Å². The van der Waals surface area contributed by atoms with Crippen LogP contribution in [0.15, 0.2) is 72.1 Å². The first-order valence-electron chi connectivity index (χ1n) is 10.6. The van der Waals surface area contributed by atoms with Gasteiger partial charge in [0.05, 0.1) is 11.5 Å². The normalized spacial score (nSPS) is 17.8. The van der Waals surface area contributed by atoms with E-state index in [0.717, 1.165) is 24.2 Å². The molecule has 1 saturated heterocycles. The van der Waals surface area contributed by atoms with Gasteiger partial charge in [-0.25, -0.2) is 4.79 Å². The molecule has 0 radical (unpaired) electrons. The number of hydrogen-bond donors (Lipinski definition) is 0. The Hall–Kier alpha value is -2.77. The van der Waals surface area contributed by atoms with E-state index in [2.05, 4.69) is 0 Å². The van der Waals surface area contributed by atoms with E-state index in [1.165, 1.54) is 11.3 Å². The van der Waals surface area contributed by atoms with Crippen LogP contribution < -0.4 is 4.74 Å². The number of carbonyl (C=O) groups excluding carboxylic acids is 2. The number of amides is 1. The van der Waals surface area contributed by atoms with Gasteiger partial charge in [-0.15, -0.1) is 23.1 Å². The summed E-state index contributed by atoms with van der Waals surface area (Å²) in [7, 11) is 0. The molecule has 0 N–H and O–H groups in total. The number of thioether (sulfide) groups is 1. The fourth-order valence-electron chi connectivity index (χ4n) is 3.49. The van der Waals surface area contributed by atoms with Crippen molar-refractivity contribution in [2.75, 3.05) is 12.4 Å². The minimum absolute atomic E-state index is 0.151. The predicted molar refractivity (Wildman–Crippen MR) is 128 cm³/mol. The summed E-state index contributed by atoms with van der Waals surface area (Å²) in [5.74, 6) is 1.44. The number of carbonyl (C=O) groups is 2. The third kappa shape index (κ3) is 5.16. The second-order valence-corrected chi connectivity index (χ2v) is 9.46. The zero-order valence-corrected chi connectivity index (χ0v) is 19.4. The maximum atomic E-state index is 13.4. The predicted octanol–water partition coefficient (Wildman–Crippen LogP) is 6.14. The van der Waals surface area contributed by atoms with Gasteiger partial charge >= 0.3 is 5.97 Å². The van der Waals surface area contributed by atoms with Crippen LogP contribution in [-0.4, -0.2) is 35.2 Å². The number of esters is 1. The molecule has 2 atom stereocenters. The molecule has 1 amide bonds. The fraction of sp³-hybridized carbons (Fsp3) is 0.280. The van der Waals surface area contributed by atoms with E-state index in [-0.39, 0.29) is 17.3 Å². The molecule has 0 saturated carbocycles. The van der Waals surface area contributed by atoms with Crippen molar-refractivity contribution in [2.45, 2.75) is 31.2 Å². The van der Waals surface area contributed by atoms with Crippen LogP contribution in [0.5, 0.6) is 11.5 Å². The molecule has 1 aliphatic rings. The number of para-hydroxylation sites is 1. The molecule has 0 bridgehead atoms. The molecule has 1 aromatic heterocycles. The number of hydrogen-bond acceptors (Lipinski definition) is 6. The van der Waals surface area contributed by atoms with Crippen LogP contribution in [0.25, 0.3) is 0 Å². The molecule has 5 nitrogen and oxygen atoms in total. The number of ether oxygens (including phenoxy) is 2. The number of unbranched alkanes of at least 4 members (excludes halogenated alkanes) is 1. The molecular weight excluding hydrogens is 442 g/mol. The van der Waals surface area contributed by atoms with Gasteiger partial charge in [-0.05, 0) is 47.7 Å². The van der Waals surface area contributed by atoms with Gasteiger partial charge in [0.1, 0.15) is 22.9 Å². The van der Waals surface area contributed by atoms with Crippen LogP contribution in [0.4, 0.5) is 0 Å². The Bertz CT molecular complexity index is 1040. The molecule has 1 aliphatic heterocycles. The standard InChI is InChI=1S/C25H25NO4S2/c1-2-3-14-29-25(28)21-17-32-24(26(21)23(27)22-13-8-15-31-22)18-9-7-12-20(16-18)30-19-10-5-4-6-11-19/h4-13,15-16,21,24H,2-3,14,17H2,1H3. The molecular formula is C25H25NO4S2. The smallest absolute Gasteiger partial charge is 0.329 e. The Morgan fingerprint density at radius 1 is 1.03 bits per heavy atom. The summed E-state index contributed by atoms with van der Waals surface area (Å²) in [6.45, 7) is 2.43. The topological polar surface area (TPSA) is 55.8 Å². The highest BCUT2D eigenvalue weighted by Gasteiger charge is 2.43. The Labute approximate surface area is 196 Å². The van der Waals surface area contributed by atoms with Crippen molar-refractivity contribution in [3.8, 4) is 11.5 Å². The minimum atomic E-state index is -0.616. The van der Waals surface area contributed by atoms with E-state index in [4.69, 9.17) is 9.47 Å². The van der Waals surface area contributed by atoms with Crippen LogP contribution in [0.2, 0.25) is 0 Å². The summed E-state index contributed by atoms with van der Waals surface area (Å²) < 4.78 is 11.5. The van der Waals surface area contributed by atoms with Gasteiger partial charge in [0.2, 0.25) is 0 Å². The highest BCUT2D eigenvalue weighted by atomic mass is 32.2. The lowest BCUT2D eigenvalue weighted by atomic mass is 10.1. The number of nitrogens with zero attached hydrogens (tertiary/aromatic N) is 1. The van der Waals surface area contributed by atoms with E-state index in [0.29, 0.717) is 23.0 Å². The van der Waals surface area contributed by atoms with Gasteiger partial charge in [-0.3, -0.25) is 4.79 Å². The van der Waals surface area contributed by atoms with Gasteiger partial charge < -0.3 is 14.4 Å². The second-order valence-electron chi connectivity index (χ2n) is 7.40. The fourth-order valence-corrected chi connectivity index (χ4v) is 5.56. The first-order valence-corrected chi connectivity index (χ1v) is 12.6. The van der Waals surface area contributed by atoms with Crippen molar-refractivity contribution in [3.05, 3.63) is 82.6 Å². The molecule has 4 rings (SSSR count). The van der Waals surface area contributed by atoms with Gasteiger partial charge in [0.15, 0.2) is 0 Å².